The van der Waals surface area contributed by atoms with E-state index in [1.807, 2.05) is 0 Å². The number of fused-ring (bicyclic) bond motifs is 2. The highest BCUT2D eigenvalue weighted by molar-refractivity contribution is 8.15. The molecule has 0 aliphatic carbocycles. The van der Waals surface area contributed by atoms with Crippen molar-refractivity contribution in [2.45, 2.75) is 18.2 Å². The number of thioether (sulfide) groups is 1. The molecule has 5 nitrogen and oxygen atoms in total. The summed E-state index contributed by atoms with van der Waals surface area (Å²) < 4.78 is 47.5. The van der Waals surface area contributed by atoms with Crippen molar-refractivity contribution < 1.29 is 22.7 Å². The monoisotopic (exact) mass is 421 g/mol. The number of ether oxygens (including phenoxy) is 1. The van der Waals surface area contributed by atoms with E-state index in [9.17, 15) is 18.0 Å². The van der Waals surface area contributed by atoms with Crippen LogP contribution < -0.4 is 10.5 Å². The second-order valence-electron chi connectivity index (χ2n) is 6.92. The summed E-state index contributed by atoms with van der Waals surface area (Å²) in [5, 5.41) is 5.91. The molecule has 29 heavy (non-hydrogen) atoms. The van der Waals surface area contributed by atoms with Gasteiger partial charge in [-0.1, -0.05) is 11.8 Å². The summed E-state index contributed by atoms with van der Waals surface area (Å²) in [5.74, 6) is -2.26. The van der Waals surface area contributed by atoms with Gasteiger partial charge in [0.25, 0.3) is 0 Å². The zero-order valence-corrected chi connectivity index (χ0v) is 16.3. The fraction of sp³-hybridized carbons (Fsp3) is 0.300. The van der Waals surface area contributed by atoms with Crippen LogP contribution in [0.3, 0.4) is 0 Å². The molecule has 0 unspecified atom stereocenters. The van der Waals surface area contributed by atoms with Gasteiger partial charge >= 0.3 is 0 Å². The van der Waals surface area contributed by atoms with Gasteiger partial charge in [-0.3, -0.25) is 4.79 Å². The Morgan fingerprint density at radius 3 is 2.62 bits per heavy atom. The van der Waals surface area contributed by atoms with Crippen molar-refractivity contribution in [2.24, 2.45) is 16.8 Å². The van der Waals surface area contributed by atoms with Crippen LogP contribution in [0.5, 0.6) is 5.75 Å². The molecule has 152 valence electrons. The number of halogens is 3. The third-order valence-corrected chi connectivity index (χ3v) is 6.55. The van der Waals surface area contributed by atoms with E-state index in [4.69, 9.17) is 10.5 Å². The first-order valence-electron chi connectivity index (χ1n) is 9.03. The molecule has 9 heteroatoms. The van der Waals surface area contributed by atoms with Crippen molar-refractivity contribution in [3.05, 3.63) is 65.0 Å². The number of hydrogen-bond donors (Lipinski definition) is 1. The van der Waals surface area contributed by atoms with E-state index in [0.29, 0.717) is 24.3 Å². The summed E-state index contributed by atoms with van der Waals surface area (Å²) in [6, 6.07) is 7.15. The van der Waals surface area contributed by atoms with Crippen molar-refractivity contribution in [1.29, 1.82) is 0 Å². The molecule has 0 bridgehead atoms. The minimum absolute atomic E-state index is 0.201. The van der Waals surface area contributed by atoms with Gasteiger partial charge < -0.3 is 10.5 Å². The number of amides is 1. The summed E-state index contributed by atoms with van der Waals surface area (Å²) in [6.45, 7) is 1.90. The van der Waals surface area contributed by atoms with Crippen molar-refractivity contribution in [3.8, 4) is 5.75 Å². The second-order valence-corrected chi connectivity index (χ2v) is 8.13. The predicted octanol–water partition coefficient (Wildman–Crippen LogP) is 3.57. The maximum atomic E-state index is 14.2. The molecule has 2 heterocycles. The largest absolute Gasteiger partial charge is 0.493 e. The van der Waals surface area contributed by atoms with Gasteiger partial charge in [-0.25, -0.2) is 18.2 Å². The van der Waals surface area contributed by atoms with E-state index >= 15 is 0 Å². The lowest BCUT2D eigenvalue weighted by Gasteiger charge is -2.45. The van der Waals surface area contributed by atoms with Crippen LogP contribution in [0.2, 0.25) is 0 Å². The minimum Gasteiger partial charge on any atom is -0.493 e. The topological polar surface area (TPSA) is 67.9 Å². The third kappa shape index (κ3) is 3.28. The van der Waals surface area contributed by atoms with Gasteiger partial charge in [0, 0.05) is 30.0 Å². The summed E-state index contributed by atoms with van der Waals surface area (Å²) >= 11 is 1.16. The van der Waals surface area contributed by atoms with Crippen molar-refractivity contribution in [3.63, 3.8) is 0 Å². The van der Waals surface area contributed by atoms with Crippen LogP contribution in [0.15, 0.2) is 41.5 Å². The molecule has 2 aromatic carbocycles. The number of nitrogens with two attached hydrogens (primary N) is 1. The number of rotatable bonds is 3. The van der Waals surface area contributed by atoms with Gasteiger partial charge in [0.1, 0.15) is 28.2 Å². The molecular weight excluding hydrogens is 403 g/mol. The molecule has 2 aliphatic rings. The second kappa shape index (κ2) is 7.38. The third-order valence-electron chi connectivity index (χ3n) is 5.00. The fourth-order valence-electron chi connectivity index (χ4n) is 3.81. The van der Waals surface area contributed by atoms with Gasteiger partial charge in [0.05, 0.1) is 6.61 Å². The molecule has 0 aromatic heterocycles. The molecule has 2 N–H and O–H groups in total. The lowest BCUT2D eigenvalue weighted by molar-refractivity contribution is -0.134. The van der Waals surface area contributed by atoms with E-state index < -0.39 is 22.3 Å². The predicted molar refractivity (Wildman–Crippen MR) is 104 cm³/mol. The quantitative estimate of drug-likeness (QED) is 0.823. The highest BCUT2D eigenvalue weighted by Crippen LogP contribution is 2.57. The normalized spacial score (nSPS) is 23.0. The minimum atomic E-state index is -1.13. The molecule has 0 fully saturated rings. The number of hydrogen-bond acceptors (Lipinski definition) is 5. The van der Waals surface area contributed by atoms with E-state index in [1.165, 1.54) is 30.1 Å². The van der Waals surface area contributed by atoms with E-state index in [1.54, 1.807) is 0 Å². The van der Waals surface area contributed by atoms with Crippen LogP contribution in [0.4, 0.5) is 13.2 Å². The van der Waals surface area contributed by atoms with Gasteiger partial charge in [-0.15, -0.1) is 0 Å². The Morgan fingerprint density at radius 1 is 1.24 bits per heavy atom. The van der Waals surface area contributed by atoms with Gasteiger partial charge in [0.15, 0.2) is 4.87 Å². The van der Waals surface area contributed by atoms with Gasteiger partial charge in [-0.2, -0.15) is 5.10 Å². The molecule has 0 saturated heterocycles. The van der Waals surface area contributed by atoms with Crippen LogP contribution >= 0.6 is 11.8 Å². The Balaban J connectivity index is 1.90. The standard InChI is InChI=1S/C20H18F3N3O2S/c1-11(27)26-20(29-19(25-26)12-6-15(22)8-16(23)7-12)13(4-5-24)10-28-18-3-2-14(21)9-17(18)20/h2-3,6-9,13H,4-5,10,24H2,1H3/t13-,20+/m1/s1. The smallest absolute Gasteiger partial charge is 0.241 e. The van der Waals surface area contributed by atoms with Crippen LogP contribution in [0.25, 0.3) is 0 Å². The van der Waals surface area contributed by atoms with Crippen molar-refractivity contribution >= 4 is 22.7 Å². The Labute approximate surface area is 169 Å². The molecule has 2 atom stereocenters. The Kier molecular flexibility index (Phi) is 5.04. The fourth-order valence-corrected chi connectivity index (χ4v) is 5.34. The van der Waals surface area contributed by atoms with Gasteiger partial charge in [0.2, 0.25) is 5.91 Å². The number of benzene rings is 2. The van der Waals surface area contributed by atoms with E-state index in [0.717, 1.165) is 30.0 Å². The van der Waals surface area contributed by atoms with Crippen LogP contribution in [-0.2, 0) is 9.67 Å². The summed E-state index contributed by atoms with van der Waals surface area (Å²) in [4.78, 5) is 11.4. The average Bonchev–Trinajstić information content (AvgIpc) is 3.06. The van der Waals surface area contributed by atoms with Crippen LogP contribution in [-0.4, -0.2) is 29.1 Å². The van der Waals surface area contributed by atoms with Crippen LogP contribution in [0.1, 0.15) is 24.5 Å². The first-order valence-corrected chi connectivity index (χ1v) is 9.84. The number of carbonyl (C=O) groups is 1. The summed E-state index contributed by atoms with van der Waals surface area (Å²) in [5.41, 5.74) is 6.43. The zero-order valence-electron chi connectivity index (χ0n) is 15.5. The molecular formula is C20H18F3N3O2S. The summed E-state index contributed by atoms with van der Waals surface area (Å²) in [7, 11) is 0. The first-order chi connectivity index (χ1) is 13.8. The molecule has 1 amide bonds. The number of hydrazone groups is 1. The van der Waals surface area contributed by atoms with Crippen molar-refractivity contribution in [1.82, 2.24) is 5.01 Å². The highest BCUT2D eigenvalue weighted by Gasteiger charge is 2.56. The molecule has 4 rings (SSSR count). The lowest BCUT2D eigenvalue weighted by Crippen LogP contribution is -2.51. The van der Waals surface area contributed by atoms with Crippen LogP contribution in [0, 0.1) is 23.4 Å². The highest BCUT2D eigenvalue weighted by atomic mass is 32.2. The lowest BCUT2D eigenvalue weighted by atomic mass is 9.86. The number of nitrogens with zero attached hydrogens (tertiary/aromatic N) is 2. The maximum Gasteiger partial charge on any atom is 0.241 e. The first kappa shape index (κ1) is 19.8. The number of carbonyl (C=O) groups excluding carboxylic acids is 1. The molecule has 1 spiro atoms. The van der Waals surface area contributed by atoms with Crippen molar-refractivity contribution in [2.75, 3.05) is 13.2 Å². The zero-order chi connectivity index (χ0) is 20.8. The Hall–Kier alpha value is -2.52. The van der Waals surface area contributed by atoms with E-state index in [2.05, 4.69) is 5.10 Å². The SMILES string of the molecule is CC(=O)N1N=C(c2cc(F)cc(F)c2)S[C@@]12c1cc(F)ccc1OC[C@H]2CCN. The molecule has 0 radical (unpaired) electrons. The average molecular weight is 421 g/mol. The Morgan fingerprint density at radius 2 is 1.97 bits per heavy atom. The summed E-state index contributed by atoms with van der Waals surface area (Å²) in [6.07, 6.45) is 0.479. The molecule has 2 aromatic rings. The maximum absolute atomic E-state index is 14.2. The Bertz CT molecular complexity index is 996. The molecule has 2 aliphatic heterocycles. The van der Waals surface area contributed by atoms with Gasteiger partial charge in [-0.05, 0) is 43.3 Å². The van der Waals surface area contributed by atoms with E-state index in [-0.39, 0.29) is 29.0 Å². The molecule has 0 saturated carbocycles.